The predicted molar refractivity (Wildman–Crippen MR) is 136 cm³/mol. The van der Waals surface area contributed by atoms with E-state index in [9.17, 15) is 9.59 Å². The van der Waals surface area contributed by atoms with Crippen LogP contribution in [0.25, 0.3) is 11.0 Å². The first-order valence-corrected chi connectivity index (χ1v) is 12.1. The molecule has 3 aromatic rings. The summed E-state index contributed by atoms with van der Waals surface area (Å²) in [5.74, 6) is -0.0721. The Morgan fingerprint density at radius 2 is 1.68 bits per heavy atom. The maximum atomic E-state index is 13.7. The fraction of sp³-hybridized carbons (Fsp3) is 0.448. The van der Waals surface area contributed by atoms with E-state index in [0.717, 1.165) is 16.7 Å². The van der Waals surface area contributed by atoms with Crippen molar-refractivity contribution in [2.75, 3.05) is 13.2 Å². The van der Waals surface area contributed by atoms with Gasteiger partial charge in [0.1, 0.15) is 5.58 Å². The lowest BCUT2D eigenvalue weighted by Crippen LogP contribution is -2.31. The minimum absolute atomic E-state index is 0.0143. The molecule has 0 aliphatic carbocycles. The molecule has 2 aromatic carbocycles. The molecule has 0 spiro atoms. The summed E-state index contributed by atoms with van der Waals surface area (Å²) >= 11 is 0. The Morgan fingerprint density at radius 3 is 2.29 bits per heavy atom. The van der Waals surface area contributed by atoms with Gasteiger partial charge < -0.3 is 14.1 Å². The average molecular weight is 462 g/mol. The molecule has 1 aliphatic rings. The van der Waals surface area contributed by atoms with Crippen molar-refractivity contribution in [2.24, 2.45) is 0 Å². The Hall–Kier alpha value is -2.92. The summed E-state index contributed by atoms with van der Waals surface area (Å²) in [4.78, 5) is 29.0. The quantitative estimate of drug-likeness (QED) is 0.418. The van der Waals surface area contributed by atoms with E-state index in [-0.39, 0.29) is 28.6 Å². The first-order valence-electron chi connectivity index (χ1n) is 12.1. The molecule has 180 valence electrons. The second-order valence-corrected chi connectivity index (χ2v) is 10.7. The SMILES string of the molecule is Cc1cc2oc3c(c(=O)c2cc1C)[C@H](c1ccc(C(C)(C)C)cc1)N(CCCOC(C)C)C3=O. The van der Waals surface area contributed by atoms with Crippen molar-refractivity contribution in [3.8, 4) is 0 Å². The molecule has 0 unspecified atom stereocenters. The number of amides is 1. The number of aryl methyl sites for hydroxylation is 2. The summed E-state index contributed by atoms with van der Waals surface area (Å²) < 4.78 is 11.8. The molecule has 34 heavy (non-hydrogen) atoms. The molecule has 1 aromatic heterocycles. The van der Waals surface area contributed by atoms with Crippen molar-refractivity contribution in [3.63, 3.8) is 0 Å². The van der Waals surface area contributed by atoms with Gasteiger partial charge in [0.25, 0.3) is 5.91 Å². The summed E-state index contributed by atoms with van der Waals surface area (Å²) in [5, 5.41) is 0.524. The monoisotopic (exact) mass is 461 g/mol. The zero-order chi connectivity index (χ0) is 24.8. The molecule has 0 radical (unpaired) electrons. The minimum atomic E-state index is -0.474. The maximum absolute atomic E-state index is 13.7. The van der Waals surface area contributed by atoms with Gasteiger partial charge >= 0.3 is 0 Å². The van der Waals surface area contributed by atoms with Gasteiger partial charge in [0.05, 0.1) is 23.1 Å². The topological polar surface area (TPSA) is 59.8 Å². The molecule has 5 heteroatoms. The second kappa shape index (κ2) is 9.03. The van der Waals surface area contributed by atoms with Gasteiger partial charge in [-0.2, -0.15) is 0 Å². The van der Waals surface area contributed by atoms with Crippen LogP contribution in [0, 0.1) is 13.8 Å². The molecule has 1 aliphatic heterocycles. The van der Waals surface area contributed by atoms with Gasteiger partial charge in [0.15, 0.2) is 5.43 Å². The third kappa shape index (κ3) is 4.41. The van der Waals surface area contributed by atoms with Gasteiger partial charge in [0, 0.05) is 13.2 Å². The van der Waals surface area contributed by atoms with Crippen molar-refractivity contribution in [1.82, 2.24) is 4.90 Å². The van der Waals surface area contributed by atoms with Gasteiger partial charge in [-0.1, -0.05) is 45.0 Å². The number of hydrogen-bond acceptors (Lipinski definition) is 4. The lowest BCUT2D eigenvalue weighted by Gasteiger charge is -2.26. The van der Waals surface area contributed by atoms with Crippen LogP contribution in [0.4, 0.5) is 0 Å². The molecule has 2 heterocycles. The highest BCUT2D eigenvalue weighted by Crippen LogP contribution is 2.39. The Kier molecular flexibility index (Phi) is 6.43. The number of ether oxygens (including phenoxy) is 1. The van der Waals surface area contributed by atoms with Gasteiger partial charge in [-0.15, -0.1) is 0 Å². The Balaban J connectivity index is 1.83. The van der Waals surface area contributed by atoms with E-state index in [4.69, 9.17) is 9.15 Å². The van der Waals surface area contributed by atoms with Crippen LogP contribution in [0.3, 0.4) is 0 Å². The predicted octanol–water partition coefficient (Wildman–Crippen LogP) is 6.07. The van der Waals surface area contributed by atoms with Gasteiger partial charge in [-0.05, 0) is 73.9 Å². The molecule has 4 rings (SSSR count). The highest BCUT2D eigenvalue weighted by Gasteiger charge is 2.42. The van der Waals surface area contributed by atoms with E-state index in [1.165, 1.54) is 5.56 Å². The molecule has 0 saturated carbocycles. The van der Waals surface area contributed by atoms with E-state index in [1.54, 1.807) is 4.90 Å². The lowest BCUT2D eigenvalue weighted by atomic mass is 9.86. The molecule has 1 atom stereocenters. The minimum Gasteiger partial charge on any atom is -0.450 e. The van der Waals surface area contributed by atoms with Crippen LogP contribution in [0.1, 0.15) is 85.5 Å². The van der Waals surface area contributed by atoms with Crippen LogP contribution in [0.2, 0.25) is 0 Å². The number of rotatable bonds is 6. The van der Waals surface area contributed by atoms with E-state index < -0.39 is 6.04 Å². The van der Waals surface area contributed by atoms with Crippen LogP contribution in [0.15, 0.2) is 45.6 Å². The smallest absolute Gasteiger partial charge is 0.290 e. The lowest BCUT2D eigenvalue weighted by molar-refractivity contribution is 0.0593. The molecule has 1 amide bonds. The van der Waals surface area contributed by atoms with Crippen LogP contribution >= 0.6 is 0 Å². The van der Waals surface area contributed by atoms with E-state index >= 15 is 0 Å². The van der Waals surface area contributed by atoms with Crippen molar-refractivity contribution < 1.29 is 13.9 Å². The van der Waals surface area contributed by atoms with Crippen molar-refractivity contribution in [1.29, 1.82) is 0 Å². The summed E-state index contributed by atoms with van der Waals surface area (Å²) in [5.41, 5.74) is 4.96. The summed E-state index contributed by atoms with van der Waals surface area (Å²) in [6.45, 7) is 15.5. The number of carbonyl (C=O) groups excluding carboxylic acids is 1. The van der Waals surface area contributed by atoms with Crippen molar-refractivity contribution in [3.05, 3.63) is 80.2 Å². The first-order chi connectivity index (χ1) is 16.0. The average Bonchev–Trinajstić information content (AvgIpc) is 3.04. The summed E-state index contributed by atoms with van der Waals surface area (Å²) in [7, 11) is 0. The molecule has 0 N–H and O–H groups in total. The van der Waals surface area contributed by atoms with E-state index in [0.29, 0.717) is 36.1 Å². The zero-order valence-corrected chi connectivity index (χ0v) is 21.3. The standard InChI is InChI=1S/C29H35NO4/c1-17(2)33-14-8-13-30-25(20-9-11-21(12-10-20)29(5,6)7)24-26(31)22-15-18(3)19(4)16-23(22)34-27(24)28(30)32/h9-12,15-17,25H,8,13-14H2,1-7H3/t25-/m0/s1. The van der Waals surface area contributed by atoms with Crippen LogP contribution in [-0.4, -0.2) is 30.1 Å². The Bertz CT molecular complexity index is 1280. The Morgan fingerprint density at radius 1 is 1.03 bits per heavy atom. The summed E-state index contributed by atoms with van der Waals surface area (Å²) in [6, 6.07) is 11.5. The maximum Gasteiger partial charge on any atom is 0.290 e. The third-order valence-electron chi connectivity index (χ3n) is 6.67. The number of fused-ring (bicyclic) bond motifs is 2. The molecule has 5 nitrogen and oxygen atoms in total. The normalized spacial score (nSPS) is 16.1. The van der Waals surface area contributed by atoms with Crippen LogP contribution in [-0.2, 0) is 10.2 Å². The van der Waals surface area contributed by atoms with Crippen molar-refractivity contribution in [2.45, 2.75) is 72.4 Å². The van der Waals surface area contributed by atoms with E-state index in [1.807, 2.05) is 52.0 Å². The van der Waals surface area contributed by atoms with Crippen LogP contribution < -0.4 is 5.43 Å². The first kappa shape index (κ1) is 24.2. The highest BCUT2D eigenvalue weighted by atomic mass is 16.5. The number of benzene rings is 2. The molecular formula is C29H35NO4. The van der Waals surface area contributed by atoms with Crippen molar-refractivity contribution >= 4 is 16.9 Å². The van der Waals surface area contributed by atoms with Gasteiger partial charge in [-0.3, -0.25) is 9.59 Å². The molecule has 0 saturated heterocycles. The fourth-order valence-corrected chi connectivity index (χ4v) is 4.57. The summed E-state index contributed by atoms with van der Waals surface area (Å²) in [6.07, 6.45) is 0.813. The molecule has 0 bridgehead atoms. The molecular weight excluding hydrogens is 426 g/mol. The largest absolute Gasteiger partial charge is 0.450 e. The third-order valence-corrected chi connectivity index (χ3v) is 6.67. The molecule has 0 fully saturated rings. The number of carbonyl (C=O) groups is 1. The van der Waals surface area contributed by atoms with Crippen LogP contribution in [0.5, 0.6) is 0 Å². The van der Waals surface area contributed by atoms with Gasteiger partial charge in [-0.25, -0.2) is 0 Å². The van der Waals surface area contributed by atoms with Gasteiger partial charge in [0.2, 0.25) is 5.76 Å². The number of nitrogens with zero attached hydrogens (tertiary/aromatic N) is 1. The van der Waals surface area contributed by atoms with E-state index in [2.05, 4.69) is 32.9 Å². The zero-order valence-electron chi connectivity index (χ0n) is 21.3. The number of hydrogen-bond donors (Lipinski definition) is 0. The Labute approximate surface area is 201 Å². The highest BCUT2D eigenvalue weighted by molar-refractivity contribution is 5.99. The second-order valence-electron chi connectivity index (χ2n) is 10.7. The fourth-order valence-electron chi connectivity index (χ4n) is 4.57.